The lowest BCUT2D eigenvalue weighted by atomic mass is 10.1. The summed E-state index contributed by atoms with van der Waals surface area (Å²) in [6.45, 7) is -0.135. The predicted octanol–water partition coefficient (Wildman–Crippen LogP) is 5.25. The third-order valence-corrected chi connectivity index (χ3v) is 5.00. The van der Waals surface area contributed by atoms with Gasteiger partial charge < -0.3 is 9.47 Å². The van der Waals surface area contributed by atoms with Gasteiger partial charge >= 0.3 is 0 Å². The number of carbonyl (C=O) groups is 1. The summed E-state index contributed by atoms with van der Waals surface area (Å²) in [5, 5.41) is 5.68. The van der Waals surface area contributed by atoms with Gasteiger partial charge in [0.05, 0.1) is 17.3 Å². The second kappa shape index (κ2) is 8.53. The highest BCUT2D eigenvalue weighted by atomic mass is 79.9. The van der Waals surface area contributed by atoms with Crippen LogP contribution in [-0.2, 0) is 4.79 Å². The fourth-order valence-corrected chi connectivity index (χ4v) is 3.73. The average molecular weight is 454 g/mol. The smallest absolute Gasteiger partial charge is 0.264 e. The molecule has 0 fully saturated rings. The summed E-state index contributed by atoms with van der Waals surface area (Å²) in [5.41, 5.74) is 1.61. The lowest BCUT2D eigenvalue weighted by Gasteiger charge is -2.08. The van der Waals surface area contributed by atoms with Crippen molar-refractivity contribution in [1.29, 1.82) is 0 Å². The van der Waals surface area contributed by atoms with Crippen LogP contribution >= 0.6 is 38.9 Å². The molecule has 1 heterocycles. The van der Waals surface area contributed by atoms with Crippen molar-refractivity contribution in [3.05, 3.63) is 57.3 Å². The van der Waals surface area contributed by atoms with Crippen LogP contribution < -0.4 is 14.8 Å². The first-order valence-electron chi connectivity index (χ1n) is 7.53. The second-order valence-corrected chi connectivity index (χ2v) is 7.30. The Kier molecular flexibility index (Phi) is 6.13. The molecule has 0 atom stereocenters. The standard InChI is InChI=1S/C18H14BrClN2O3S/c1-24-15-5-3-2-4-12(15)14-10-26-18(21-14)22-17(23)9-25-16-7-6-11(20)8-13(16)19/h2-8,10H,9H2,1H3,(H,21,22,23). The molecule has 0 aliphatic carbocycles. The zero-order valence-corrected chi connectivity index (χ0v) is 16.8. The molecule has 5 nitrogen and oxygen atoms in total. The van der Waals surface area contributed by atoms with Crippen LogP contribution in [0.3, 0.4) is 0 Å². The number of halogens is 2. The first-order chi connectivity index (χ1) is 12.6. The van der Waals surface area contributed by atoms with E-state index in [1.54, 1.807) is 25.3 Å². The Morgan fingerprint density at radius 1 is 1.27 bits per heavy atom. The van der Waals surface area contributed by atoms with Gasteiger partial charge in [-0.05, 0) is 46.3 Å². The van der Waals surface area contributed by atoms with Crippen molar-refractivity contribution in [1.82, 2.24) is 4.98 Å². The highest BCUT2D eigenvalue weighted by molar-refractivity contribution is 9.10. The highest BCUT2D eigenvalue weighted by Gasteiger charge is 2.12. The summed E-state index contributed by atoms with van der Waals surface area (Å²) in [6, 6.07) is 12.7. The second-order valence-electron chi connectivity index (χ2n) is 5.15. The van der Waals surface area contributed by atoms with E-state index in [1.165, 1.54) is 11.3 Å². The fourth-order valence-electron chi connectivity index (χ4n) is 2.20. The van der Waals surface area contributed by atoms with Gasteiger partial charge in [0.1, 0.15) is 11.5 Å². The number of ether oxygens (including phenoxy) is 2. The number of carbonyl (C=O) groups excluding carboxylic acids is 1. The third-order valence-electron chi connectivity index (χ3n) is 3.39. The van der Waals surface area contributed by atoms with E-state index < -0.39 is 0 Å². The lowest BCUT2D eigenvalue weighted by Crippen LogP contribution is -2.20. The van der Waals surface area contributed by atoms with E-state index in [-0.39, 0.29) is 12.5 Å². The van der Waals surface area contributed by atoms with Crippen LogP contribution in [0.1, 0.15) is 0 Å². The molecular weight excluding hydrogens is 440 g/mol. The van der Waals surface area contributed by atoms with E-state index in [2.05, 4.69) is 26.2 Å². The SMILES string of the molecule is COc1ccccc1-c1csc(NC(=O)COc2ccc(Cl)cc2Br)n1. The minimum atomic E-state index is -0.298. The molecule has 8 heteroatoms. The van der Waals surface area contributed by atoms with Crippen LogP contribution in [0.2, 0.25) is 5.02 Å². The Morgan fingerprint density at radius 2 is 2.08 bits per heavy atom. The Labute approximate surface area is 168 Å². The number of para-hydroxylation sites is 1. The number of nitrogens with zero attached hydrogens (tertiary/aromatic N) is 1. The number of rotatable bonds is 6. The molecule has 0 radical (unpaired) electrons. The largest absolute Gasteiger partial charge is 0.496 e. The van der Waals surface area contributed by atoms with Gasteiger partial charge in [-0.3, -0.25) is 10.1 Å². The minimum Gasteiger partial charge on any atom is -0.496 e. The third kappa shape index (κ3) is 4.55. The molecule has 3 aromatic rings. The van der Waals surface area contributed by atoms with Gasteiger partial charge in [-0.25, -0.2) is 4.98 Å². The number of aromatic nitrogens is 1. The Bertz CT molecular complexity index is 932. The summed E-state index contributed by atoms with van der Waals surface area (Å²) < 4.78 is 11.5. The van der Waals surface area contributed by atoms with Crippen LogP contribution in [-0.4, -0.2) is 24.6 Å². The fraction of sp³-hybridized carbons (Fsp3) is 0.111. The van der Waals surface area contributed by atoms with E-state index in [0.717, 1.165) is 17.0 Å². The number of anilines is 1. The Balaban J connectivity index is 1.62. The number of benzene rings is 2. The normalized spacial score (nSPS) is 10.4. The molecule has 0 aliphatic heterocycles. The minimum absolute atomic E-state index is 0.135. The van der Waals surface area contributed by atoms with Crippen molar-refractivity contribution in [3.63, 3.8) is 0 Å². The summed E-state index contributed by atoms with van der Waals surface area (Å²) in [5.74, 6) is 0.970. The van der Waals surface area contributed by atoms with Gasteiger partial charge in [-0.15, -0.1) is 11.3 Å². The van der Waals surface area contributed by atoms with Crippen molar-refractivity contribution in [2.75, 3.05) is 19.0 Å². The molecule has 26 heavy (non-hydrogen) atoms. The molecular formula is C18H14BrClN2O3S. The van der Waals surface area contributed by atoms with Crippen molar-refractivity contribution >= 4 is 49.9 Å². The number of hydrogen-bond acceptors (Lipinski definition) is 5. The van der Waals surface area contributed by atoms with Gasteiger partial charge in [-0.1, -0.05) is 23.7 Å². The van der Waals surface area contributed by atoms with Crippen LogP contribution in [0.25, 0.3) is 11.3 Å². The molecule has 0 saturated heterocycles. The van der Waals surface area contributed by atoms with Crippen LogP contribution in [0.15, 0.2) is 52.3 Å². The molecule has 1 N–H and O–H groups in total. The molecule has 0 aliphatic rings. The van der Waals surface area contributed by atoms with E-state index in [1.807, 2.05) is 29.6 Å². The van der Waals surface area contributed by atoms with Gasteiger partial charge in [0.25, 0.3) is 5.91 Å². The first-order valence-corrected chi connectivity index (χ1v) is 9.58. The zero-order valence-electron chi connectivity index (χ0n) is 13.7. The molecule has 0 bridgehead atoms. The monoisotopic (exact) mass is 452 g/mol. The van der Waals surface area contributed by atoms with E-state index in [0.29, 0.717) is 20.4 Å². The highest BCUT2D eigenvalue weighted by Crippen LogP contribution is 2.32. The topological polar surface area (TPSA) is 60.5 Å². The van der Waals surface area contributed by atoms with Crippen molar-refractivity contribution < 1.29 is 14.3 Å². The maximum atomic E-state index is 12.1. The van der Waals surface area contributed by atoms with Crippen molar-refractivity contribution in [2.45, 2.75) is 0 Å². The van der Waals surface area contributed by atoms with E-state index in [4.69, 9.17) is 21.1 Å². The maximum absolute atomic E-state index is 12.1. The van der Waals surface area contributed by atoms with Crippen LogP contribution in [0.4, 0.5) is 5.13 Å². The number of amides is 1. The maximum Gasteiger partial charge on any atom is 0.264 e. The van der Waals surface area contributed by atoms with Gasteiger partial charge in [0.2, 0.25) is 0 Å². The molecule has 134 valence electrons. The first kappa shape index (κ1) is 18.7. The van der Waals surface area contributed by atoms with Gasteiger partial charge in [0.15, 0.2) is 11.7 Å². The Morgan fingerprint density at radius 3 is 2.85 bits per heavy atom. The van der Waals surface area contributed by atoms with E-state index in [9.17, 15) is 4.79 Å². The summed E-state index contributed by atoms with van der Waals surface area (Å²) in [4.78, 5) is 16.5. The van der Waals surface area contributed by atoms with Crippen LogP contribution in [0.5, 0.6) is 11.5 Å². The molecule has 0 spiro atoms. The van der Waals surface area contributed by atoms with Gasteiger partial charge in [0, 0.05) is 16.0 Å². The van der Waals surface area contributed by atoms with Crippen molar-refractivity contribution in [3.8, 4) is 22.8 Å². The zero-order chi connectivity index (χ0) is 18.5. The molecule has 3 rings (SSSR count). The predicted molar refractivity (Wildman–Crippen MR) is 107 cm³/mol. The average Bonchev–Trinajstić information content (AvgIpc) is 3.09. The summed E-state index contributed by atoms with van der Waals surface area (Å²) in [7, 11) is 1.61. The lowest BCUT2D eigenvalue weighted by molar-refractivity contribution is -0.118. The van der Waals surface area contributed by atoms with Gasteiger partial charge in [-0.2, -0.15) is 0 Å². The molecule has 2 aromatic carbocycles. The summed E-state index contributed by atoms with van der Waals surface area (Å²) in [6.07, 6.45) is 0. The Hall–Kier alpha value is -2.09. The molecule has 0 unspecified atom stereocenters. The number of methoxy groups -OCH3 is 1. The van der Waals surface area contributed by atoms with Crippen molar-refractivity contribution in [2.24, 2.45) is 0 Å². The summed E-state index contributed by atoms with van der Waals surface area (Å²) >= 11 is 10.6. The quantitative estimate of drug-likeness (QED) is 0.553. The number of hydrogen-bond donors (Lipinski definition) is 1. The molecule has 0 saturated carbocycles. The molecule has 1 aromatic heterocycles. The van der Waals surface area contributed by atoms with E-state index >= 15 is 0 Å². The van der Waals surface area contributed by atoms with Crippen LogP contribution in [0, 0.1) is 0 Å². The number of nitrogens with one attached hydrogen (secondary N) is 1. The number of thiazole rings is 1. The molecule has 1 amide bonds.